The lowest BCUT2D eigenvalue weighted by molar-refractivity contribution is -0.00777. The van der Waals surface area contributed by atoms with Gasteiger partial charge in [0.15, 0.2) is 11.6 Å². The summed E-state index contributed by atoms with van der Waals surface area (Å²) in [4.78, 5) is 9.97. The zero-order valence-corrected chi connectivity index (χ0v) is 12.9. The fourth-order valence-corrected chi connectivity index (χ4v) is 3.15. The number of hydrogen-bond acceptors (Lipinski definition) is 5. The number of rotatable bonds is 2. The van der Waals surface area contributed by atoms with Crippen LogP contribution in [0, 0.1) is 5.82 Å². The highest BCUT2D eigenvalue weighted by Gasteiger charge is 2.43. The van der Waals surface area contributed by atoms with E-state index in [1.54, 1.807) is 0 Å². The second kappa shape index (κ2) is 4.84. The van der Waals surface area contributed by atoms with E-state index in [2.05, 4.69) is 54.9 Å². The van der Waals surface area contributed by atoms with Crippen molar-refractivity contribution < 1.29 is 4.39 Å². The van der Waals surface area contributed by atoms with E-state index in [1.807, 2.05) is 0 Å². The maximum absolute atomic E-state index is 13.7. The van der Waals surface area contributed by atoms with Gasteiger partial charge in [0, 0.05) is 17.1 Å². The summed E-state index contributed by atoms with van der Waals surface area (Å²) >= 11 is 0. The maximum atomic E-state index is 13.7. The van der Waals surface area contributed by atoms with Crippen molar-refractivity contribution in [1.82, 2.24) is 14.9 Å². The van der Waals surface area contributed by atoms with Crippen molar-refractivity contribution in [1.29, 1.82) is 0 Å². The molecule has 112 valence electrons. The minimum absolute atomic E-state index is 0.0362. The van der Waals surface area contributed by atoms with E-state index < -0.39 is 5.82 Å². The molecule has 0 spiro atoms. The summed E-state index contributed by atoms with van der Waals surface area (Å²) in [7, 11) is 2.14. The van der Waals surface area contributed by atoms with Crippen LogP contribution in [-0.2, 0) is 0 Å². The average molecular weight is 281 g/mol. The average Bonchev–Trinajstić information content (AvgIpc) is 2.30. The summed E-state index contributed by atoms with van der Waals surface area (Å²) in [6.45, 7) is 8.81. The summed E-state index contributed by atoms with van der Waals surface area (Å²) in [6, 6.07) is 0.153. The molecular weight excluding hydrogens is 257 g/mol. The summed E-state index contributed by atoms with van der Waals surface area (Å²) in [5.41, 5.74) is 5.60. The van der Waals surface area contributed by atoms with Gasteiger partial charge >= 0.3 is 0 Å². The molecule has 0 aromatic carbocycles. The maximum Gasteiger partial charge on any atom is 0.222 e. The van der Waals surface area contributed by atoms with E-state index in [0.717, 1.165) is 19.0 Å². The Balaban J connectivity index is 2.20. The molecule has 6 heteroatoms. The predicted molar refractivity (Wildman–Crippen MR) is 79.0 cm³/mol. The van der Waals surface area contributed by atoms with Gasteiger partial charge in [-0.3, -0.25) is 4.90 Å². The Hall–Kier alpha value is -1.43. The lowest BCUT2D eigenvalue weighted by atomic mass is 9.77. The Bertz CT molecular complexity index is 482. The van der Waals surface area contributed by atoms with Gasteiger partial charge in [-0.25, -0.2) is 9.37 Å². The number of piperidine rings is 1. The molecule has 1 aromatic rings. The minimum Gasteiger partial charge on any atom is -0.368 e. The number of aromatic nitrogens is 2. The van der Waals surface area contributed by atoms with E-state index >= 15 is 0 Å². The monoisotopic (exact) mass is 281 g/mol. The van der Waals surface area contributed by atoms with Crippen LogP contribution < -0.4 is 11.1 Å². The first-order valence-corrected chi connectivity index (χ1v) is 6.90. The number of nitrogens with one attached hydrogen (secondary N) is 1. The van der Waals surface area contributed by atoms with E-state index in [-0.39, 0.29) is 28.9 Å². The molecule has 20 heavy (non-hydrogen) atoms. The molecule has 0 bridgehead atoms. The first-order chi connectivity index (χ1) is 9.12. The Morgan fingerprint density at radius 1 is 1.30 bits per heavy atom. The topological polar surface area (TPSA) is 67.1 Å². The summed E-state index contributed by atoms with van der Waals surface area (Å²) in [5.74, 6) is -0.187. The Morgan fingerprint density at radius 3 is 2.40 bits per heavy atom. The van der Waals surface area contributed by atoms with E-state index in [9.17, 15) is 4.39 Å². The van der Waals surface area contributed by atoms with Crippen LogP contribution in [0.25, 0.3) is 0 Å². The molecule has 1 aliphatic rings. The zero-order chi connectivity index (χ0) is 15.1. The van der Waals surface area contributed by atoms with Crippen molar-refractivity contribution in [3.8, 4) is 0 Å². The first kappa shape index (κ1) is 15.0. The molecule has 0 amide bonds. The molecule has 1 saturated heterocycles. The number of nitrogens with zero attached hydrogens (tertiary/aromatic N) is 3. The molecule has 3 N–H and O–H groups in total. The molecule has 0 saturated carbocycles. The molecule has 2 heterocycles. The number of hydrogen-bond donors (Lipinski definition) is 2. The van der Waals surface area contributed by atoms with E-state index in [1.165, 1.54) is 0 Å². The molecule has 1 aromatic heterocycles. The quantitative estimate of drug-likeness (QED) is 0.870. The fraction of sp³-hybridized carbons (Fsp3) is 0.714. The Kier molecular flexibility index (Phi) is 3.62. The van der Waals surface area contributed by atoms with Gasteiger partial charge < -0.3 is 11.1 Å². The summed E-state index contributed by atoms with van der Waals surface area (Å²) in [6.07, 6.45) is 2.93. The lowest BCUT2D eigenvalue weighted by Gasteiger charge is -2.53. The molecule has 1 aliphatic heterocycles. The molecule has 1 fully saturated rings. The normalized spacial score (nSPS) is 22.7. The van der Waals surface area contributed by atoms with Crippen molar-refractivity contribution in [3.63, 3.8) is 0 Å². The second-order valence-corrected chi connectivity index (χ2v) is 6.86. The second-order valence-electron chi connectivity index (χ2n) is 6.86. The SMILES string of the molecule is CN1C(C)(C)CC(Nc2nc(N)ncc2F)CC1(C)C. The molecule has 0 aliphatic carbocycles. The van der Waals surface area contributed by atoms with Crippen LogP contribution in [0.5, 0.6) is 0 Å². The number of halogens is 1. The van der Waals surface area contributed by atoms with Crippen molar-refractivity contribution in [2.75, 3.05) is 18.1 Å². The van der Waals surface area contributed by atoms with Gasteiger partial charge in [-0.05, 0) is 47.6 Å². The third-order valence-electron chi connectivity index (χ3n) is 4.41. The number of nitrogens with two attached hydrogens (primary N) is 1. The molecule has 0 unspecified atom stereocenters. The zero-order valence-electron chi connectivity index (χ0n) is 12.9. The van der Waals surface area contributed by atoms with Crippen LogP contribution in [0.15, 0.2) is 6.20 Å². The summed E-state index contributed by atoms with van der Waals surface area (Å²) in [5, 5.41) is 3.19. The van der Waals surface area contributed by atoms with Gasteiger partial charge in [0.1, 0.15) is 0 Å². The molecular formula is C14H24FN5. The third-order valence-corrected chi connectivity index (χ3v) is 4.41. The van der Waals surface area contributed by atoms with Crippen LogP contribution in [-0.4, -0.2) is 39.0 Å². The number of likely N-dealkylation sites (tertiary alicyclic amines) is 1. The molecule has 5 nitrogen and oxygen atoms in total. The van der Waals surface area contributed by atoms with E-state index in [0.29, 0.717) is 0 Å². The molecule has 0 radical (unpaired) electrons. The Labute approximate surface area is 119 Å². The van der Waals surface area contributed by atoms with Crippen LogP contribution >= 0.6 is 0 Å². The number of nitrogen functional groups attached to an aromatic ring is 1. The predicted octanol–water partition coefficient (Wildman–Crippen LogP) is 2.26. The minimum atomic E-state index is -0.464. The summed E-state index contributed by atoms with van der Waals surface area (Å²) < 4.78 is 13.7. The van der Waals surface area contributed by atoms with Crippen LogP contribution in [0.3, 0.4) is 0 Å². The smallest absolute Gasteiger partial charge is 0.222 e. The highest BCUT2D eigenvalue weighted by atomic mass is 19.1. The van der Waals surface area contributed by atoms with Gasteiger partial charge in [0.2, 0.25) is 5.95 Å². The van der Waals surface area contributed by atoms with Gasteiger partial charge in [-0.2, -0.15) is 4.98 Å². The third kappa shape index (κ3) is 2.85. The van der Waals surface area contributed by atoms with Crippen molar-refractivity contribution in [2.45, 2.75) is 57.7 Å². The van der Waals surface area contributed by atoms with Crippen molar-refractivity contribution >= 4 is 11.8 Å². The standard InChI is InChI=1S/C14H24FN5/c1-13(2)6-9(7-14(3,4)20(13)5)18-11-10(15)8-17-12(16)19-11/h8-9H,6-7H2,1-5H3,(H3,16,17,18,19). The van der Waals surface area contributed by atoms with Crippen molar-refractivity contribution in [3.05, 3.63) is 12.0 Å². The van der Waals surface area contributed by atoms with Crippen LogP contribution in [0.1, 0.15) is 40.5 Å². The van der Waals surface area contributed by atoms with E-state index in [4.69, 9.17) is 5.73 Å². The van der Waals surface area contributed by atoms with Gasteiger partial charge in [-0.15, -0.1) is 0 Å². The number of anilines is 2. The largest absolute Gasteiger partial charge is 0.368 e. The first-order valence-electron chi connectivity index (χ1n) is 6.90. The fourth-order valence-electron chi connectivity index (χ4n) is 3.15. The van der Waals surface area contributed by atoms with Crippen LogP contribution in [0.2, 0.25) is 0 Å². The molecule has 0 atom stereocenters. The highest BCUT2D eigenvalue weighted by Crippen LogP contribution is 2.37. The van der Waals surface area contributed by atoms with Crippen molar-refractivity contribution in [2.24, 2.45) is 0 Å². The lowest BCUT2D eigenvalue weighted by Crippen LogP contribution is -2.61. The van der Waals surface area contributed by atoms with Gasteiger partial charge in [0.25, 0.3) is 0 Å². The highest BCUT2D eigenvalue weighted by molar-refractivity contribution is 5.40. The Morgan fingerprint density at radius 2 is 1.85 bits per heavy atom. The van der Waals surface area contributed by atoms with Gasteiger partial charge in [-0.1, -0.05) is 0 Å². The molecule has 2 rings (SSSR count). The van der Waals surface area contributed by atoms with Gasteiger partial charge in [0.05, 0.1) is 6.20 Å². The van der Waals surface area contributed by atoms with Crippen LogP contribution in [0.4, 0.5) is 16.2 Å².